The van der Waals surface area contributed by atoms with Crippen molar-refractivity contribution in [3.05, 3.63) is 0 Å². The zero-order valence-electron chi connectivity index (χ0n) is 4.22. The summed E-state index contributed by atoms with van der Waals surface area (Å²) in [4.78, 5) is 0. The smallest absolute Gasteiger partial charge is 0.261 e. The van der Waals surface area contributed by atoms with Crippen LogP contribution in [0.25, 0.3) is 0 Å². The molecule has 0 radical (unpaired) electrons. The van der Waals surface area contributed by atoms with Crippen molar-refractivity contribution < 1.29 is 13.9 Å². The van der Waals surface area contributed by atoms with Crippen molar-refractivity contribution >= 4 is 10.5 Å². The second kappa shape index (κ2) is 2.42. The standard InChI is InChI=1S/C3H8O3Si/c7-6-3-4-1-2-5-3/h3H,1-2H2,7H3. The predicted octanol–water partition coefficient (Wildman–Crippen LogP) is -1.39. The maximum Gasteiger partial charge on any atom is 0.261 e. The van der Waals surface area contributed by atoms with Crippen LogP contribution in [-0.4, -0.2) is 30.2 Å². The summed E-state index contributed by atoms with van der Waals surface area (Å²) in [6, 6.07) is 0. The Kier molecular flexibility index (Phi) is 1.81. The molecule has 3 nitrogen and oxygen atoms in total. The van der Waals surface area contributed by atoms with E-state index in [0.29, 0.717) is 23.7 Å². The molecule has 0 aromatic carbocycles. The summed E-state index contributed by atoms with van der Waals surface area (Å²) in [5.41, 5.74) is 0. The van der Waals surface area contributed by atoms with Crippen LogP contribution in [0, 0.1) is 0 Å². The number of hydrogen-bond donors (Lipinski definition) is 0. The molecule has 0 aliphatic carbocycles. The molecule has 0 spiro atoms. The fourth-order valence-electron chi connectivity index (χ4n) is 0.473. The molecule has 1 aliphatic heterocycles. The first-order valence-corrected chi connectivity index (χ1v) is 3.01. The minimum Gasteiger partial charge on any atom is -0.383 e. The Morgan fingerprint density at radius 3 is 2.29 bits per heavy atom. The molecule has 0 aromatic heterocycles. The van der Waals surface area contributed by atoms with Crippen LogP contribution in [-0.2, 0) is 13.9 Å². The van der Waals surface area contributed by atoms with Gasteiger partial charge in [-0.3, -0.25) is 0 Å². The quantitative estimate of drug-likeness (QED) is 0.399. The molecule has 1 fully saturated rings. The number of hydrogen-bond acceptors (Lipinski definition) is 3. The van der Waals surface area contributed by atoms with Crippen molar-refractivity contribution in [1.29, 1.82) is 0 Å². The highest BCUT2D eigenvalue weighted by Gasteiger charge is 2.12. The van der Waals surface area contributed by atoms with E-state index < -0.39 is 0 Å². The van der Waals surface area contributed by atoms with Crippen LogP contribution in [0.1, 0.15) is 0 Å². The first-order valence-electron chi connectivity index (χ1n) is 2.19. The lowest BCUT2D eigenvalue weighted by Crippen LogP contribution is -2.09. The molecule has 0 amide bonds. The van der Waals surface area contributed by atoms with E-state index >= 15 is 0 Å². The zero-order valence-corrected chi connectivity index (χ0v) is 6.22. The van der Waals surface area contributed by atoms with Gasteiger partial charge in [-0.1, -0.05) is 0 Å². The van der Waals surface area contributed by atoms with E-state index in [-0.39, 0.29) is 6.48 Å². The second-order valence-corrected chi connectivity index (χ2v) is 1.74. The van der Waals surface area contributed by atoms with Crippen LogP contribution < -0.4 is 0 Å². The third-order valence-corrected chi connectivity index (χ3v) is 1.17. The van der Waals surface area contributed by atoms with E-state index in [0.717, 1.165) is 0 Å². The molecule has 1 rings (SSSR count). The first kappa shape index (κ1) is 5.24. The summed E-state index contributed by atoms with van der Waals surface area (Å²) < 4.78 is 14.6. The Labute approximate surface area is 45.1 Å². The molecule has 0 N–H and O–H groups in total. The van der Waals surface area contributed by atoms with E-state index in [1.807, 2.05) is 0 Å². The zero-order chi connectivity index (χ0) is 5.11. The van der Waals surface area contributed by atoms with Gasteiger partial charge in [-0.25, -0.2) is 0 Å². The second-order valence-electron chi connectivity index (χ2n) is 1.27. The van der Waals surface area contributed by atoms with E-state index in [1.54, 1.807) is 0 Å². The minimum atomic E-state index is -0.341. The highest BCUT2D eigenvalue weighted by Crippen LogP contribution is 2.01. The third-order valence-electron chi connectivity index (χ3n) is 0.784. The molecular weight excluding hydrogens is 112 g/mol. The normalized spacial score (nSPS) is 24.0. The fraction of sp³-hybridized carbons (Fsp3) is 1.00. The highest BCUT2D eigenvalue weighted by atomic mass is 28.2. The van der Waals surface area contributed by atoms with Crippen LogP contribution in [0.5, 0.6) is 0 Å². The van der Waals surface area contributed by atoms with Gasteiger partial charge in [0.1, 0.15) is 0 Å². The first-order chi connectivity index (χ1) is 3.43. The SMILES string of the molecule is [SiH3]OC1OCCO1. The molecule has 1 heterocycles. The average molecular weight is 120 g/mol. The summed E-state index contributed by atoms with van der Waals surface area (Å²) >= 11 is 0. The molecule has 0 unspecified atom stereocenters. The van der Waals surface area contributed by atoms with E-state index in [2.05, 4.69) is 0 Å². The van der Waals surface area contributed by atoms with E-state index in [4.69, 9.17) is 13.9 Å². The van der Waals surface area contributed by atoms with E-state index in [9.17, 15) is 0 Å². The monoisotopic (exact) mass is 120 g/mol. The van der Waals surface area contributed by atoms with Gasteiger partial charge in [-0.2, -0.15) is 0 Å². The molecule has 0 atom stereocenters. The largest absolute Gasteiger partial charge is 0.383 e. The molecule has 0 bridgehead atoms. The molecule has 1 aliphatic rings. The van der Waals surface area contributed by atoms with Crippen LogP contribution >= 0.6 is 0 Å². The molecule has 1 saturated heterocycles. The average Bonchev–Trinajstić information content (AvgIpc) is 2.14. The van der Waals surface area contributed by atoms with Gasteiger partial charge in [0, 0.05) is 0 Å². The van der Waals surface area contributed by atoms with Gasteiger partial charge in [0.15, 0.2) is 10.5 Å². The molecule has 4 heteroatoms. The molecule has 0 saturated carbocycles. The van der Waals surface area contributed by atoms with Gasteiger partial charge in [0.2, 0.25) is 0 Å². The van der Waals surface area contributed by atoms with Gasteiger partial charge in [-0.05, 0) is 0 Å². The van der Waals surface area contributed by atoms with Crippen molar-refractivity contribution in [1.82, 2.24) is 0 Å². The topological polar surface area (TPSA) is 27.7 Å². The van der Waals surface area contributed by atoms with Crippen molar-refractivity contribution in [2.24, 2.45) is 0 Å². The van der Waals surface area contributed by atoms with Gasteiger partial charge < -0.3 is 13.9 Å². The van der Waals surface area contributed by atoms with Crippen LogP contribution in [0.4, 0.5) is 0 Å². The molecule has 0 aromatic rings. The van der Waals surface area contributed by atoms with Gasteiger partial charge in [0.05, 0.1) is 13.2 Å². The lowest BCUT2D eigenvalue weighted by molar-refractivity contribution is -0.174. The fourth-order valence-corrected chi connectivity index (χ4v) is 0.745. The maximum absolute atomic E-state index is 4.89. The molecule has 42 valence electrons. The van der Waals surface area contributed by atoms with Crippen molar-refractivity contribution in [3.63, 3.8) is 0 Å². The van der Waals surface area contributed by atoms with Gasteiger partial charge in [0.25, 0.3) is 6.48 Å². The van der Waals surface area contributed by atoms with Crippen LogP contribution in [0.3, 0.4) is 0 Å². The maximum atomic E-state index is 4.89. The molecular formula is C3H8O3Si. The summed E-state index contributed by atoms with van der Waals surface area (Å²) in [5, 5.41) is 0. The van der Waals surface area contributed by atoms with Crippen molar-refractivity contribution in [3.8, 4) is 0 Å². The predicted molar refractivity (Wildman–Crippen MR) is 26.7 cm³/mol. The highest BCUT2D eigenvalue weighted by molar-refractivity contribution is 5.97. The van der Waals surface area contributed by atoms with Gasteiger partial charge >= 0.3 is 0 Å². The lowest BCUT2D eigenvalue weighted by Gasteiger charge is -2.03. The summed E-state index contributed by atoms with van der Waals surface area (Å²) in [7, 11) is 0.682. The van der Waals surface area contributed by atoms with E-state index in [1.165, 1.54) is 0 Å². The van der Waals surface area contributed by atoms with Crippen molar-refractivity contribution in [2.45, 2.75) is 6.48 Å². The Bertz CT molecular complexity index is 52.1. The third kappa shape index (κ3) is 1.24. The Morgan fingerprint density at radius 1 is 1.43 bits per heavy atom. The summed E-state index contributed by atoms with van der Waals surface area (Å²) in [5.74, 6) is 0. The Balaban J connectivity index is 2.14. The van der Waals surface area contributed by atoms with Gasteiger partial charge in [-0.15, -0.1) is 0 Å². The lowest BCUT2D eigenvalue weighted by atomic mass is 10.8. The van der Waals surface area contributed by atoms with Crippen LogP contribution in [0.2, 0.25) is 0 Å². The van der Waals surface area contributed by atoms with Crippen LogP contribution in [0.15, 0.2) is 0 Å². The number of ether oxygens (including phenoxy) is 2. The minimum absolute atomic E-state index is 0.341. The Morgan fingerprint density at radius 2 is 2.00 bits per heavy atom. The summed E-state index contributed by atoms with van der Waals surface area (Å²) in [6.45, 7) is 1.01. The molecule has 7 heavy (non-hydrogen) atoms. The summed E-state index contributed by atoms with van der Waals surface area (Å²) in [6.07, 6.45) is 0. The Hall–Kier alpha value is 0.0969. The number of rotatable bonds is 1. The van der Waals surface area contributed by atoms with Crippen molar-refractivity contribution in [2.75, 3.05) is 13.2 Å².